The van der Waals surface area contributed by atoms with Crippen LogP contribution < -0.4 is 5.32 Å². The van der Waals surface area contributed by atoms with E-state index >= 15 is 0 Å². The summed E-state index contributed by atoms with van der Waals surface area (Å²) in [7, 11) is -3.46. The number of esters is 1. The van der Waals surface area contributed by atoms with Crippen molar-refractivity contribution < 1.29 is 60.2 Å². The maximum absolute atomic E-state index is 12.7. The van der Waals surface area contributed by atoms with Crippen molar-refractivity contribution in [3.05, 3.63) is 41.7 Å². The average molecular weight is 513 g/mol. The summed E-state index contributed by atoms with van der Waals surface area (Å²) in [4.78, 5) is 22.8. The number of nitrogens with one attached hydrogen (secondary N) is 1. The molecular weight excluding hydrogens is 491 g/mol. The van der Waals surface area contributed by atoms with Gasteiger partial charge in [-0.05, 0) is 25.1 Å². The lowest BCUT2D eigenvalue weighted by Gasteiger charge is -2.38. The van der Waals surface area contributed by atoms with Crippen LogP contribution in [-0.2, 0) is 33.4 Å². The minimum Gasteiger partial charge on any atom is -0.478 e. The number of methoxy groups -OCH3 is 1. The first kappa shape index (κ1) is 27.5. The average Bonchev–Trinajstić information content (AvgIpc) is 2.77. The highest BCUT2D eigenvalue weighted by atomic mass is 32.2. The number of benzene rings is 1. The molecule has 0 fully saturated rings. The molecule has 1 aromatic rings. The van der Waals surface area contributed by atoms with Crippen LogP contribution in [0.2, 0.25) is 0 Å². The number of rotatable bonds is 8. The van der Waals surface area contributed by atoms with Crippen LogP contribution in [0.15, 0.2) is 41.0 Å². The van der Waals surface area contributed by atoms with Gasteiger partial charge in [0.25, 0.3) is 10.1 Å². The van der Waals surface area contributed by atoms with Crippen molar-refractivity contribution in [2.45, 2.75) is 48.5 Å². The Morgan fingerprint density at radius 2 is 1.79 bits per heavy atom. The van der Waals surface area contributed by atoms with Gasteiger partial charge in [-0.3, -0.25) is 8.98 Å². The van der Waals surface area contributed by atoms with Gasteiger partial charge in [0.1, 0.15) is 18.3 Å². The van der Waals surface area contributed by atoms with E-state index in [1.165, 1.54) is 29.6 Å². The quantitative estimate of drug-likeness (QED) is 0.257. The molecule has 0 radical (unpaired) electrons. The highest BCUT2D eigenvalue weighted by Gasteiger charge is 2.48. The fraction of sp³-hybridized carbons (Fsp3) is 0.474. The fourth-order valence-electron chi connectivity index (χ4n) is 2.86. The van der Waals surface area contributed by atoms with Crippen LogP contribution in [0.5, 0.6) is 0 Å². The Kier molecular flexibility index (Phi) is 8.65. The molecule has 0 saturated carbocycles. The molecule has 1 heterocycles. The number of ether oxygens (including phenoxy) is 2. The SMILES string of the molecule is COC(=O)C1=C[C@H](O)[C@@H](NC(=O)C(F)(F)F)[C@H]([C@H](O)[C@H](O)COS(=O)(=O)c2ccc(C)cc2)O1. The highest BCUT2D eigenvalue weighted by Crippen LogP contribution is 2.25. The van der Waals surface area contributed by atoms with Gasteiger partial charge in [-0.15, -0.1) is 0 Å². The Morgan fingerprint density at radius 1 is 1.21 bits per heavy atom. The fourth-order valence-corrected chi connectivity index (χ4v) is 3.79. The number of carbonyl (C=O) groups is 2. The van der Waals surface area contributed by atoms with Crippen molar-refractivity contribution in [1.29, 1.82) is 0 Å². The monoisotopic (exact) mass is 513 g/mol. The predicted octanol–water partition coefficient (Wildman–Crippen LogP) is -0.714. The third-order valence-corrected chi connectivity index (χ3v) is 5.98. The standard InChI is InChI=1S/C19H22F3NO10S/c1-9-3-5-10(6-4-9)34(29,30)32-8-12(25)15(26)16-14(23-18(28)19(20,21)22)11(24)7-13(33-16)17(27)31-2/h3-7,11-12,14-16,24-26H,8H2,1-2H3,(H,23,28)/t11-,12+,14+,15+,16+/m0/s1. The maximum atomic E-state index is 12.7. The van der Waals surface area contributed by atoms with E-state index in [1.807, 2.05) is 0 Å². The second-order valence-corrected chi connectivity index (χ2v) is 8.82. The van der Waals surface area contributed by atoms with Gasteiger partial charge in [-0.1, -0.05) is 17.7 Å². The topological polar surface area (TPSA) is 169 Å². The summed E-state index contributed by atoms with van der Waals surface area (Å²) in [5.74, 6) is -4.40. The number of hydrogen-bond acceptors (Lipinski definition) is 10. The lowest BCUT2D eigenvalue weighted by Crippen LogP contribution is -2.61. The Labute approximate surface area is 191 Å². The minimum atomic E-state index is -5.37. The highest BCUT2D eigenvalue weighted by molar-refractivity contribution is 7.86. The van der Waals surface area contributed by atoms with Gasteiger partial charge in [-0.25, -0.2) is 4.79 Å². The molecule has 1 aliphatic heterocycles. The molecule has 1 aromatic carbocycles. The number of halogens is 3. The summed E-state index contributed by atoms with van der Waals surface area (Å²) in [6.07, 6.45) is -13.1. The zero-order chi connectivity index (χ0) is 25.8. The Balaban J connectivity index is 2.22. The molecule has 2 rings (SSSR count). The summed E-state index contributed by atoms with van der Waals surface area (Å²) in [5.41, 5.74) is 0.754. The summed E-state index contributed by atoms with van der Waals surface area (Å²) in [5, 5.41) is 32.3. The molecular formula is C19H22F3NO10S. The predicted molar refractivity (Wildman–Crippen MR) is 105 cm³/mol. The number of aliphatic hydroxyl groups is 3. The van der Waals surface area contributed by atoms with Crippen LogP contribution in [0.1, 0.15) is 5.56 Å². The Morgan fingerprint density at radius 3 is 2.32 bits per heavy atom. The molecule has 0 unspecified atom stereocenters. The normalized spacial score (nSPS) is 22.7. The molecule has 11 nitrogen and oxygen atoms in total. The molecule has 0 bridgehead atoms. The van der Waals surface area contributed by atoms with Gasteiger partial charge in [0.2, 0.25) is 5.76 Å². The van der Waals surface area contributed by atoms with Crippen molar-refractivity contribution in [2.24, 2.45) is 0 Å². The van der Waals surface area contributed by atoms with Gasteiger partial charge < -0.3 is 30.1 Å². The second-order valence-electron chi connectivity index (χ2n) is 7.20. The first-order valence-electron chi connectivity index (χ1n) is 9.52. The Bertz CT molecular complexity index is 1030. The largest absolute Gasteiger partial charge is 0.478 e. The van der Waals surface area contributed by atoms with Crippen molar-refractivity contribution in [1.82, 2.24) is 5.32 Å². The smallest absolute Gasteiger partial charge is 0.471 e. The van der Waals surface area contributed by atoms with E-state index in [0.717, 1.165) is 12.7 Å². The molecule has 34 heavy (non-hydrogen) atoms. The summed E-state index contributed by atoms with van der Waals surface area (Å²) < 4.78 is 76.8. The van der Waals surface area contributed by atoms with E-state index < -0.39 is 71.0 Å². The molecule has 4 N–H and O–H groups in total. The third kappa shape index (κ3) is 6.66. The molecule has 0 saturated heterocycles. The zero-order valence-electron chi connectivity index (χ0n) is 17.7. The first-order chi connectivity index (χ1) is 15.7. The number of carbonyl (C=O) groups excluding carboxylic acids is 2. The van der Waals surface area contributed by atoms with E-state index in [0.29, 0.717) is 6.08 Å². The number of aliphatic hydroxyl groups excluding tert-OH is 3. The van der Waals surface area contributed by atoms with Crippen molar-refractivity contribution in [3.8, 4) is 0 Å². The molecule has 5 atom stereocenters. The number of aryl methyl sites for hydroxylation is 1. The van der Waals surface area contributed by atoms with Crippen molar-refractivity contribution in [3.63, 3.8) is 0 Å². The number of hydrogen-bond donors (Lipinski definition) is 4. The van der Waals surface area contributed by atoms with Crippen molar-refractivity contribution in [2.75, 3.05) is 13.7 Å². The first-order valence-corrected chi connectivity index (χ1v) is 10.9. The van der Waals surface area contributed by atoms with Crippen LogP contribution in [0.25, 0.3) is 0 Å². The molecule has 15 heteroatoms. The lowest BCUT2D eigenvalue weighted by molar-refractivity contribution is -0.179. The van der Waals surface area contributed by atoms with Crippen LogP contribution in [0.4, 0.5) is 13.2 Å². The summed E-state index contributed by atoms with van der Waals surface area (Å²) >= 11 is 0. The van der Waals surface area contributed by atoms with Gasteiger partial charge in [0.15, 0.2) is 6.10 Å². The second kappa shape index (κ2) is 10.7. The molecule has 1 aliphatic rings. The number of alkyl halides is 3. The summed E-state index contributed by atoms with van der Waals surface area (Å²) in [6, 6.07) is 3.41. The van der Waals surface area contributed by atoms with Gasteiger partial charge in [0, 0.05) is 0 Å². The van der Waals surface area contributed by atoms with Crippen molar-refractivity contribution >= 4 is 22.0 Å². The van der Waals surface area contributed by atoms with Crippen LogP contribution in [0.3, 0.4) is 0 Å². The van der Waals surface area contributed by atoms with E-state index in [9.17, 15) is 46.5 Å². The Hall–Kier alpha value is -2.72. The van der Waals surface area contributed by atoms with Gasteiger partial charge >= 0.3 is 18.1 Å². The molecule has 0 aliphatic carbocycles. The van der Waals surface area contributed by atoms with Gasteiger partial charge in [-0.2, -0.15) is 21.6 Å². The lowest BCUT2D eigenvalue weighted by atomic mass is 9.93. The van der Waals surface area contributed by atoms with Crippen LogP contribution in [0, 0.1) is 6.92 Å². The zero-order valence-corrected chi connectivity index (χ0v) is 18.5. The third-order valence-electron chi connectivity index (χ3n) is 4.68. The van der Waals surface area contributed by atoms with E-state index in [1.54, 1.807) is 6.92 Å². The van der Waals surface area contributed by atoms with E-state index in [4.69, 9.17) is 8.92 Å². The maximum Gasteiger partial charge on any atom is 0.471 e. The molecule has 0 aromatic heterocycles. The van der Waals surface area contributed by atoms with E-state index in [-0.39, 0.29) is 4.90 Å². The molecule has 0 spiro atoms. The molecule has 1 amide bonds. The van der Waals surface area contributed by atoms with E-state index in [2.05, 4.69) is 4.74 Å². The van der Waals surface area contributed by atoms with Crippen LogP contribution >= 0.6 is 0 Å². The number of amides is 1. The van der Waals surface area contributed by atoms with Gasteiger partial charge in [0.05, 0.1) is 24.7 Å². The van der Waals surface area contributed by atoms with Crippen LogP contribution in [-0.4, -0.2) is 86.0 Å². The minimum absolute atomic E-state index is 0.268. The molecule has 190 valence electrons. The summed E-state index contributed by atoms with van der Waals surface area (Å²) in [6.45, 7) is 0.630.